The molecule has 0 bridgehead atoms. The van der Waals surface area contributed by atoms with Gasteiger partial charge in [0.15, 0.2) is 5.65 Å². The number of rotatable bonds is 6. The Bertz CT molecular complexity index is 1490. The van der Waals surface area contributed by atoms with Crippen LogP contribution in [0.15, 0.2) is 24.3 Å². The molecule has 2 atom stereocenters. The maximum Gasteiger partial charge on any atom is 0.247 e. The van der Waals surface area contributed by atoms with Crippen LogP contribution in [0.4, 0.5) is 0 Å². The summed E-state index contributed by atoms with van der Waals surface area (Å²) in [5.74, 6) is 1.79. The number of amides is 1. The van der Waals surface area contributed by atoms with Crippen LogP contribution < -0.4 is 10.6 Å². The summed E-state index contributed by atoms with van der Waals surface area (Å²) in [6, 6.07) is 7.12. The number of aromatic nitrogens is 6. The summed E-state index contributed by atoms with van der Waals surface area (Å²) >= 11 is 0. The number of imidazole rings is 2. The summed E-state index contributed by atoms with van der Waals surface area (Å²) in [5.41, 5.74) is 3.81. The molecule has 6 rings (SSSR count). The SMILES string of the molecule is CCc1nc2ccccc2n1-c1nc(C2CNCCO2)c2nc(CN3CCNC(C=O)C3=O)n(C)c2n1. The molecule has 3 aromatic heterocycles. The second-order valence-corrected chi connectivity index (χ2v) is 9.27. The van der Waals surface area contributed by atoms with E-state index in [0.29, 0.717) is 67.6 Å². The standard InChI is InChI=1S/C25H29N9O3/c1-3-19-28-15-6-4-5-7-17(15)34(19)25-30-21(18-12-26-9-11-37-18)22-23(31-25)32(2)20(29-22)13-33-10-8-27-16(14-35)24(33)36/h4-7,14,16,18,26-27H,3,8-13H2,1-2H3. The number of fused-ring (bicyclic) bond motifs is 2. The lowest BCUT2D eigenvalue weighted by atomic mass is 10.2. The lowest BCUT2D eigenvalue weighted by Gasteiger charge is -2.30. The summed E-state index contributed by atoms with van der Waals surface area (Å²) in [6.45, 7) is 5.33. The predicted molar refractivity (Wildman–Crippen MR) is 135 cm³/mol. The Hall–Kier alpha value is -3.74. The first-order valence-corrected chi connectivity index (χ1v) is 12.6. The summed E-state index contributed by atoms with van der Waals surface area (Å²) in [5, 5.41) is 6.31. The molecule has 2 N–H and O–H groups in total. The quantitative estimate of drug-likeness (QED) is 0.284. The number of benzene rings is 1. The van der Waals surface area contributed by atoms with E-state index in [1.807, 2.05) is 40.4 Å². The zero-order valence-electron chi connectivity index (χ0n) is 20.8. The molecule has 192 valence electrons. The minimum atomic E-state index is -0.825. The van der Waals surface area contributed by atoms with E-state index in [2.05, 4.69) is 17.6 Å². The molecule has 37 heavy (non-hydrogen) atoms. The van der Waals surface area contributed by atoms with Crippen LogP contribution in [0, 0.1) is 0 Å². The van der Waals surface area contributed by atoms with Crippen molar-refractivity contribution in [1.82, 2.24) is 44.6 Å². The number of aldehydes is 1. The molecule has 1 aromatic carbocycles. The molecule has 2 aliphatic heterocycles. The number of morpholine rings is 1. The van der Waals surface area contributed by atoms with E-state index in [1.54, 1.807) is 4.90 Å². The van der Waals surface area contributed by atoms with Crippen LogP contribution >= 0.6 is 0 Å². The number of carbonyl (C=O) groups excluding carboxylic acids is 2. The monoisotopic (exact) mass is 503 g/mol. The third-order valence-corrected chi connectivity index (χ3v) is 7.00. The fourth-order valence-corrected chi connectivity index (χ4v) is 5.04. The highest BCUT2D eigenvalue weighted by molar-refractivity contribution is 5.96. The summed E-state index contributed by atoms with van der Waals surface area (Å²) in [6.07, 6.45) is 1.07. The van der Waals surface area contributed by atoms with Crippen LogP contribution in [-0.4, -0.2) is 85.0 Å². The molecule has 0 spiro atoms. The second kappa shape index (κ2) is 9.61. The van der Waals surface area contributed by atoms with Crippen LogP contribution in [0.1, 0.15) is 30.4 Å². The average molecular weight is 504 g/mol. The summed E-state index contributed by atoms with van der Waals surface area (Å²) in [7, 11) is 1.89. The van der Waals surface area contributed by atoms with Crippen molar-refractivity contribution < 1.29 is 14.3 Å². The van der Waals surface area contributed by atoms with Crippen molar-refractivity contribution in [3.8, 4) is 5.95 Å². The van der Waals surface area contributed by atoms with Crippen molar-refractivity contribution >= 4 is 34.4 Å². The van der Waals surface area contributed by atoms with Crippen molar-refractivity contribution in [2.24, 2.45) is 7.05 Å². The number of aryl methyl sites for hydroxylation is 2. The van der Waals surface area contributed by atoms with Gasteiger partial charge in [-0.1, -0.05) is 19.1 Å². The summed E-state index contributed by atoms with van der Waals surface area (Å²) < 4.78 is 9.99. The molecule has 4 aromatic rings. The number of nitrogens with zero attached hydrogens (tertiary/aromatic N) is 7. The Balaban J connectivity index is 1.50. The number of carbonyl (C=O) groups is 2. The van der Waals surface area contributed by atoms with Crippen molar-refractivity contribution in [2.45, 2.75) is 32.0 Å². The Morgan fingerprint density at radius 1 is 1.14 bits per heavy atom. The van der Waals surface area contributed by atoms with Gasteiger partial charge in [-0.05, 0) is 12.1 Å². The van der Waals surface area contributed by atoms with E-state index in [1.165, 1.54) is 0 Å². The van der Waals surface area contributed by atoms with Gasteiger partial charge >= 0.3 is 0 Å². The molecule has 0 aliphatic carbocycles. The third-order valence-electron chi connectivity index (χ3n) is 7.00. The number of para-hydroxylation sites is 2. The lowest BCUT2D eigenvalue weighted by Crippen LogP contribution is -2.55. The Kier molecular flexibility index (Phi) is 6.14. The highest BCUT2D eigenvalue weighted by Gasteiger charge is 2.31. The van der Waals surface area contributed by atoms with Gasteiger partial charge in [-0.25, -0.2) is 15.0 Å². The number of hydrogen-bond donors (Lipinski definition) is 2. The van der Waals surface area contributed by atoms with Gasteiger partial charge in [0.2, 0.25) is 11.9 Å². The minimum absolute atomic E-state index is 0.252. The van der Waals surface area contributed by atoms with Gasteiger partial charge in [-0.3, -0.25) is 14.7 Å². The normalized spacial score (nSPS) is 20.7. The van der Waals surface area contributed by atoms with Gasteiger partial charge in [-0.15, -0.1) is 0 Å². The van der Waals surface area contributed by atoms with E-state index < -0.39 is 6.04 Å². The van der Waals surface area contributed by atoms with E-state index in [9.17, 15) is 9.59 Å². The predicted octanol–water partition coefficient (Wildman–Crippen LogP) is 0.425. The molecule has 5 heterocycles. The number of piperazine rings is 1. The van der Waals surface area contributed by atoms with Gasteiger partial charge in [0.1, 0.15) is 41.3 Å². The highest BCUT2D eigenvalue weighted by atomic mass is 16.5. The molecule has 12 heteroatoms. The zero-order chi connectivity index (χ0) is 25.5. The van der Waals surface area contributed by atoms with Gasteiger partial charge in [0.05, 0.1) is 24.2 Å². The van der Waals surface area contributed by atoms with Gasteiger partial charge < -0.3 is 24.3 Å². The van der Waals surface area contributed by atoms with E-state index in [4.69, 9.17) is 24.7 Å². The molecule has 12 nitrogen and oxygen atoms in total. The Labute approximate surface area is 213 Å². The van der Waals surface area contributed by atoms with Crippen LogP contribution in [0.25, 0.3) is 28.1 Å². The zero-order valence-corrected chi connectivity index (χ0v) is 20.8. The van der Waals surface area contributed by atoms with Crippen LogP contribution in [0.3, 0.4) is 0 Å². The first-order valence-electron chi connectivity index (χ1n) is 12.6. The van der Waals surface area contributed by atoms with Gasteiger partial charge in [-0.2, -0.15) is 4.98 Å². The fourth-order valence-electron chi connectivity index (χ4n) is 5.04. The molecular formula is C25H29N9O3. The van der Waals surface area contributed by atoms with Gasteiger partial charge in [0.25, 0.3) is 0 Å². The van der Waals surface area contributed by atoms with E-state index >= 15 is 0 Å². The molecule has 2 aliphatic rings. The molecule has 2 unspecified atom stereocenters. The number of ether oxygens (including phenoxy) is 1. The average Bonchev–Trinajstić information content (AvgIpc) is 3.47. The minimum Gasteiger partial charge on any atom is -0.369 e. The van der Waals surface area contributed by atoms with Crippen molar-refractivity contribution in [3.05, 3.63) is 41.6 Å². The second-order valence-electron chi connectivity index (χ2n) is 9.27. The molecule has 2 fully saturated rings. The Morgan fingerprint density at radius 2 is 2.00 bits per heavy atom. The maximum absolute atomic E-state index is 12.7. The maximum atomic E-state index is 12.7. The van der Waals surface area contributed by atoms with Crippen LogP contribution in [0.2, 0.25) is 0 Å². The lowest BCUT2D eigenvalue weighted by molar-refractivity contribution is -0.138. The third kappa shape index (κ3) is 4.06. The smallest absolute Gasteiger partial charge is 0.247 e. The number of hydrogen-bond acceptors (Lipinski definition) is 9. The molecule has 0 radical (unpaired) electrons. The van der Waals surface area contributed by atoms with E-state index in [0.717, 1.165) is 23.4 Å². The molecule has 1 amide bonds. The van der Waals surface area contributed by atoms with Crippen molar-refractivity contribution in [2.75, 3.05) is 32.8 Å². The molecule has 0 saturated carbocycles. The van der Waals surface area contributed by atoms with E-state index in [-0.39, 0.29) is 18.6 Å². The van der Waals surface area contributed by atoms with Gasteiger partial charge in [0, 0.05) is 39.6 Å². The Morgan fingerprint density at radius 3 is 2.78 bits per heavy atom. The van der Waals surface area contributed by atoms with Crippen LogP contribution in [-0.2, 0) is 34.3 Å². The molecular weight excluding hydrogens is 474 g/mol. The largest absolute Gasteiger partial charge is 0.369 e. The topological polar surface area (TPSA) is 132 Å². The van der Waals surface area contributed by atoms with Crippen molar-refractivity contribution in [1.29, 1.82) is 0 Å². The molecule has 2 saturated heterocycles. The highest BCUT2D eigenvalue weighted by Crippen LogP contribution is 2.28. The first-order chi connectivity index (χ1) is 18.1. The summed E-state index contributed by atoms with van der Waals surface area (Å²) in [4.78, 5) is 45.4. The van der Waals surface area contributed by atoms with Crippen LogP contribution in [0.5, 0.6) is 0 Å². The first kappa shape index (κ1) is 23.6. The fraction of sp³-hybridized carbons (Fsp3) is 0.440. The van der Waals surface area contributed by atoms with Crippen molar-refractivity contribution in [3.63, 3.8) is 0 Å². The number of nitrogens with one attached hydrogen (secondary N) is 2.